The maximum Gasteiger partial charge on any atom is 0.305 e. The first-order valence-electron chi connectivity index (χ1n) is 15.4. The van der Waals surface area contributed by atoms with E-state index in [9.17, 15) is 9.59 Å². The normalized spacial score (nSPS) is 12.8. The summed E-state index contributed by atoms with van der Waals surface area (Å²) >= 11 is 0. The van der Waals surface area contributed by atoms with Crippen molar-refractivity contribution in [2.45, 2.75) is 80.1 Å². The van der Waals surface area contributed by atoms with Crippen LogP contribution in [0.25, 0.3) is 44.4 Å². The van der Waals surface area contributed by atoms with Gasteiger partial charge in [0.1, 0.15) is 0 Å². The molecule has 0 aliphatic carbocycles. The number of aromatic amines is 2. The Labute approximate surface area is 274 Å². The minimum absolute atomic E-state index is 0. The minimum atomic E-state index is -0.265. The van der Waals surface area contributed by atoms with Crippen LogP contribution < -0.4 is 0 Å². The second-order valence-electron chi connectivity index (χ2n) is 11.5. The third kappa shape index (κ3) is 6.55. The number of H-pyrrole nitrogens is 2. The van der Waals surface area contributed by atoms with Crippen LogP contribution in [0.3, 0.4) is 0 Å². The van der Waals surface area contributed by atoms with Crippen LogP contribution in [-0.4, -0.2) is 46.1 Å². The van der Waals surface area contributed by atoms with Crippen LogP contribution in [0.5, 0.6) is 0 Å². The molecule has 0 unspecified atom stereocenters. The summed E-state index contributed by atoms with van der Waals surface area (Å²) in [5.41, 5.74) is 16.4. The number of carbonyl (C=O) groups is 2. The van der Waals surface area contributed by atoms with Crippen LogP contribution in [0.1, 0.15) is 98.4 Å². The molecule has 8 nitrogen and oxygen atoms in total. The fourth-order valence-corrected chi connectivity index (χ4v) is 6.42. The molecular formula is C36H42N4NiO4. The maximum absolute atomic E-state index is 12.2. The molecule has 240 valence electrons. The third-order valence-corrected chi connectivity index (χ3v) is 9.12. The Kier molecular flexibility index (Phi) is 10.5. The fraction of sp³-hybridized carbons (Fsp3) is 0.389. The zero-order valence-corrected chi connectivity index (χ0v) is 28.4. The molecule has 0 aromatic carbocycles. The quantitative estimate of drug-likeness (QED) is 0.190. The standard InChI is InChI=1S/C36H42N4O4.Ni/c1-9-23-19(3)27-15-28-21(5)25(11-13-35(41)43-7)33(39-28)18-34-26(12-14-36(42)44-8)22(6)30(40-34)17-32-24(10-2)20(4)29(38-32)16-31(23)37-27;/h15-18,37-38H,9-14H2,1-8H3;. The Morgan fingerprint density at radius 3 is 1.44 bits per heavy atom. The molecule has 5 rings (SSSR count). The zero-order chi connectivity index (χ0) is 31.7. The van der Waals surface area contributed by atoms with Gasteiger partial charge >= 0.3 is 11.9 Å². The topological polar surface area (TPSA) is 110 Å². The van der Waals surface area contributed by atoms with Crippen molar-refractivity contribution in [3.05, 3.63) is 69.3 Å². The van der Waals surface area contributed by atoms with Gasteiger partial charge in [-0.2, -0.15) is 0 Å². The van der Waals surface area contributed by atoms with E-state index in [2.05, 4.69) is 69.7 Å². The Morgan fingerprint density at radius 1 is 0.622 bits per heavy atom. The van der Waals surface area contributed by atoms with Gasteiger partial charge < -0.3 is 19.4 Å². The number of hydrogen-bond donors (Lipinski definition) is 2. The predicted octanol–water partition coefficient (Wildman–Crippen LogP) is 7.82. The zero-order valence-electron chi connectivity index (χ0n) is 27.4. The second-order valence-corrected chi connectivity index (χ2v) is 11.5. The average Bonchev–Trinajstić information content (AvgIpc) is 3.67. The molecule has 0 saturated heterocycles. The van der Waals surface area contributed by atoms with E-state index in [1.807, 2.05) is 6.07 Å². The number of esters is 2. The molecule has 2 aliphatic rings. The summed E-state index contributed by atoms with van der Waals surface area (Å²) in [6.07, 6.45) is 3.26. The molecule has 5 heterocycles. The van der Waals surface area contributed by atoms with Gasteiger partial charge in [0, 0.05) is 51.4 Å². The summed E-state index contributed by atoms with van der Waals surface area (Å²) < 4.78 is 9.91. The van der Waals surface area contributed by atoms with Crippen molar-refractivity contribution in [1.82, 2.24) is 19.9 Å². The van der Waals surface area contributed by atoms with Gasteiger partial charge in [-0.05, 0) is 122 Å². The Bertz CT molecular complexity index is 1890. The Balaban J connectivity index is 0.00000461. The van der Waals surface area contributed by atoms with Gasteiger partial charge in [-0.3, -0.25) is 9.59 Å². The van der Waals surface area contributed by atoms with Crippen molar-refractivity contribution in [3.63, 3.8) is 0 Å². The largest absolute Gasteiger partial charge is 0.469 e. The van der Waals surface area contributed by atoms with E-state index in [1.54, 1.807) is 0 Å². The van der Waals surface area contributed by atoms with Gasteiger partial charge in [0.25, 0.3) is 0 Å². The molecule has 45 heavy (non-hydrogen) atoms. The molecule has 3 aromatic heterocycles. The van der Waals surface area contributed by atoms with Gasteiger partial charge in [-0.1, -0.05) is 13.8 Å². The number of aromatic nitrogens is 4. The molecule has 0 amide bonds. The maximum atomic E-state index is 12.2. The SMILES string of the molecule is CCc1c(C)c2cc3[nH]c(cc4nc(cc5nc(cc1[nH]2)C(C)=C5CCC(=O)OC)C(CCC(=O)OC)=C4C)c(C)c3CC.[Ni]. The molecule has 0 spiro atoms. The Morgan fingerprint density at radius 2 is 1.02 bits per heavy atom. The smallest absolute Gasteiger partial charge is 0.305 e. The molecule has 2 aliphatic heterocycles. The molecule has 0 atom stereocenters. The van der Waals surface area contributed by atoms with Crippen molar-refractivity contribution in [2.24, 2.45) is 0 Å². The number of aryl methyl sites for hydroxylation is 4. The van der Waals surface area contributed by atoms with Crippen LogP contribution in [0.4, 0.5) is 0 Å². The summed E-state index contributed by atoms with van der Waals surface area (Å²) in [5, 5.41) is 0. The van der Waals surface area contributed by atoms with Crippen LogP contribution >= 0.6 is 0 Å². The third-order valence-electron chi connectivity index (χ3n) is 9.12. The number of rotatable bonds is 8. The fourth-order valence-electron chi connectivity index (χ4n) is 6.42. The van der Waals surface area contributed by atoms with E-state index in [4.69, 9.17) is 19.4 Å². The summed E-state index contributed by atoms with van der Waals surface area (Å²) in [6.45, 7) is 12.8. The molecule has 3 aromatic rings. The van der Waals surface area contributed by atoms with E-state index < -0.39 is 0 Å². The van der Waals surface area contributed by atoms with Crippen molar-refractivity contribution >= 4 is 56.3 Å². The number of allylic oxidation sites excluding steroid dienone is 4. The molecule has 0 fully saturated rings. The second kappa shape index (κ2) is 14.0. The first-order chi connectivity index (χ1) is 21.1. The molecule has 0 saturated carbocycles. The van der Waals surface area contributed by atoms with Crippen molar-refractivity contribution < 1.29 is 35.6 Å². The molecule has 2 N–H and O–H groups in total. The molecule has 8 bridgehead atoms. The molecule has 0 radical (unpaired) electrons. The number of hydrogen-bond acceptors (Lipinski definition) is 6. The molecular weight excluding hydrogens is 611 g/mol. The first-order valence-corrected chi connectivity index (χ1v) is 15.4. The van der Waals surface area contributed by atoms with Crippen molar-refractivity contribution in [1.29, 1.82) is 0 Å². The number of nitrogens with zero attached hydrogens (tertiary/aromatic N) is 2. The Hall–Kier alpha value is -3.97. The average molecular weight is 653 g/mol. The molecule has 9 heteroatoms. The van der Waals surface area contributed by atoms with Crippen molar-refractivity contribution in [3.8, 4) is 0 Å². The number of ether oxygens (including phenoxy) is 2. The van der Waals surface area contributed by atoms with Crippen molar-refractivity contribution in [2.75, 3.05) is 14.2 Å². The monoisotopic (exact) mass is 652 g/mol. The van der Waals surface area contributed by atoms with Crippen LogP contribution in [0.2, 0.25) is 0 Å². The van der Waals surface area contributed by atoms with Gasteiger partial charge in [-0.25, -0.2) is 9.97 Å². The number of carbonyl (C=O) groups excluding carboxylic acids is 2. The number of methoxy groups -OCH3 is 2. The van der Waals surface area contributed by atoms with E-state index in [-0.39, 0.29) is 41.3 Å². The summed E-state index contributed by atoms with van der Waals surface area (Å²) in [7, 11) is 2.82. The van der Waals surface area contributed by atoms with Gasteiger partial charge in [-0.15, -0.1) is 0 Å². The summed E-state index contributed by atoms with van der Waals surface area (Å²) in [5.74, 6) is -0.530. The predicted molar refractivity (Wildman–Crippen MR) is 177 cm³/mol. The van der Waals surface area contributed by atoms with Gasteiger partial charge in [0.15, 0.2) is 0 Å². The van der Waals surface area contributed by atoms with E-state index in [1.165, 1.54) is 36.5 Å². The van der Waals surface area contributed by atoms with Crippen LogP contribution in [0, 0.1) is 13.8 Å². The number of fused-ring (bicyclic) bond motifs is 8. The first kappa shape index (κ1) is 33.9. The van der Waals surface area contributed by atoms with Crippen LogP contribution in [0.15, 0.2) is 24.3 Å². The van der Waals surface area contributed by atoms with E-state index in [0.717, 1.165) is 80.0 Å². The van der Waals surface area contributed by atoms with Gasteiger partial charge in [0.05, 0.1) is 37.0 Å². The van der Waals surface area contributed by atoms with E-state index >= 15 is 0 Å². The van der Waals surface area contributed by atoms with E-state index in [0.29, 0.717) is 12.8 Å². The summed E-state index contributed by atoms with van der Waals surface area (Å²) in [4.78, 5) is 41.9. The van der Waals surface area contributed by atoms with Crippen LogP contribution in [-0.2, 0) is 48.4 Å². The van der Waals surface area contributed by atoms with Gasteiger partial charge in [0.2, 0.25) is 0 Å². The number of nitrogens with one attached hydrogen (secondary N) is 2. The summed E-state index contributed by atoms with van der Waals surface area (Å²) in [6, 6.07) is 8.45. The minimum Gasteiger partial charge on any atom is -0.469 e.